The fraction of sp³-hybridized carbons (Fsp3) is 0.941. The van der Waals surface area contributed by atoms with Crippen LogP contribution in [0.25, 0.3) is 0 Å². The molecule has 0 unspecified atom stereocenters. The van der Waals surface area contributed by atoms with Crippen LogP contribution in [-0.4, -0.2) is 86.7 Å². The number of likely N-dealkylation sites (tertiary alicyclic amines) is 1. The van der Waals surface area contributed by atoms with Crippen molar-refractivity contribution < 1.29 is 9.53 Å². The third-order valence-electron chi connectivity index (χ3n) is 5.33. The summed E-state index contributed by atoms with van der Waals surface area (Å²) in [7, 11) is 3.92. The van der Waals surface area contributed by atoms with Crippen molar-refractivity contribution >= 4 is 5.91 Å². The molecule has 5 nitrogen and oxygen atoms in total. The van der Waals surface area contributed by atoms with Crippen LogP contribution < -0.4 is 0 Å². The topological polar surface area (TPSA) is 36.0 Å². The number of amides is 1. The van der Waals surface area contributed by atoms with E-state index in [-0.39, 0.29) is 6.04 Å². The van der Waals surface area contributed by atoms with Crippen molar-refractivity contribution in [3.63, 3.8) is 0 Å². The Morgan fingerprint density at radius 1 is 1.14 bits per heavy atom. The average Bonchev–Trinajstić information content (AvgIpc) is 2.55. The number of likely N-dealkylation sites (N-methyl/N-ethyl adjacent to an activating group) is 1. The lowest BCUT2D eigenvalue weighted by atomic mass is 9.92. The normalized spacial score (nSPS) is 23.7. The Balaban J connectivity index is 1.72. The summed E-state index contributed by atoms with van der Waals surface area (Å²) in [6.07, 6.45) is 4.70. The van der Waals surface area contributed by atoms with Crippen LogP contribution in [0.3, 0.4) is 0 Å². The van der Waals surface area contributed by atoms with Crippen LogP contribution in [0.15, 0.2) is 0 Å². The number of methoxy groups -OCH3 is 1. The summed E-state index contributed by atoms with van der Waals surface area (Å²) < 4.78 is 5.12. The van der Waals surface area contributed by atoms with Crippen LogP contribution in [0, 0.1) is 5.92 Å². The first kappa shape index (κ1) is 17.7. The molecule has 0 aromatic rings. The van der Waals surface area contributed by atoms with Crippen molar-refractivity contribution in [3.8, 4) is 0 Å². The van der Waals surface area contributed by atoms with Gasteiger partial charge in [0.15, 0.2) is 0 Å². The van der Waals surface area contributed by atoms with E-state index in [1.54, 1.807) is 7.11 Å². The third kappa shape index (κ3) is 4.93. The predicted molar refractivity (Wildman–Crippen MR) is 88.9 cm³/mol. The maximum Gasteiger partial charge on any atom is 0.239 e. The fourth-order valence-electron chi connectivity index (χ4n) is 3.59. The zero-order valence-corrected chi connectivity index (χ0v) is 14.6. The first-order valence-corrected chi connectivity index (χ1v) is 8.82. The molecule has 0 radical (unpaired) electrons. The molecule has 1 amide bonds. The van der Waals surface area contributed by atoms with Gasteiger partial charge in [0.25, 0.3) is 0 Å². The molecule has 0 saturated carbocycles. The van der Waals surface area contributed by atoms with E-state index in [0.717, 1.165) is 71.1 Å². The second-order valence-electron chi connectivity index (χ2n) is 6.92. The Labute approximate surface area is 135 Å². The molecule has 2 rings (SSSR count). The molecule has 5 heteroatoms. The van der Waals surface area contributed by atoms with E-state index in [9.17, 15) is 4.79 Å². The number of carbonyl (C=O) groups is 1. The summed E-state index contributed by atoms with van der Waals surface area (Å²) in [6.45, 7) is 8.98. The summed E-state index contributed by atoms with van der Waals surface area (Å²) in [6, 6.07) is 0.0405. The molecule has 2 saturated heterocycles. The minimum atomic E-state index is 0.0405. The van der Waals surface area contributed by atoms with Gasteiger partial charge >= 0.3 is 0 Å². The highest BCUT2D eigenvalue weighted by Crippen LogP contribution is 2.23. The molecule has 2 fully saturated rings. The molecule has 0 bridgehead atoms. The number of hydrogen-bond donors (Lipinski definition) is 0. The summed E-state index contributed by atoms with van der Waals surface area (Å²) in [5, 5.41) is 0. The van der Waals surface area contributed by atoms with Crippen molar-refractivity contribution in [2.24, 2.45) is 5.92 Å². The van der Waals surface area contributed by atoms with Crippen molar-refractivity contribution in [1.29, 1.82) is 0 Å². The molecular weight excluding hydrogens is 278 g/mol. The van der Waals surface area contributed by atoms with E-state index < -0.39 is 0 Å². The van der Waals surface area contributed by atoms with E-state index in [1.165, 1.54) is 6.42 Å². The number of piperidine rings is 1. The molecule has 0 aromatic carbocycles. The minimum Gasteiger partial charge on any atom is -0.385 e. The molecule has 22 heavy (non-hydrogen) atoms. The van der Waals surface area contributed by atoms with Crippen molar-refractivity contribution in [3.05, 3.63) is 0 Å². The van der Waals surface area contributed by atoms with Gasteiger partial charge in [-0.2, -0.15) is 0 Å². The molecule has 2 aliphatic heterocycles. The summed E-state index contributed by atoms with van der Waals surface area (Å²) in [5.41, 5.74) is 0. The highest BCUT2D eigenvalue weighted by Gasteiger charge is 2.30. The van der Waals surface area contributed by atoms with Gasteiger partial charge in [-0.1, -0.05) is 0 Å². The monoisotopic (exact) mass is 311 g/mol. The number of ether oxygens (including phenoxy) is 1. The summed E-state index contributed by atoms with van der Waals surface area (Å²) >= 11 is 0. The largest absolute Gasteiger partial charge is 0.385 e. The molecule has 2 aliphatic rings. The quantitative estimate of drug-likeness (QED) is 0.693. The van der Waals surface area contributed by atoms with Gasteiger partial charge in [0.05, 0.1) is 6.04 Å². The lowest BCUT2D eigenvalue weighted by molar-refractivity contribution is -0.138. The van der Waals surface area contributed by atoms with Crippen LogP contribution in [0.2, 0.25) is 0 Å². The average molecular weight is 311 g/mol. The molecule has 0 aliphatic carbocycles. The number of hydrogen-bond acceptors (Lipinski definition) is 4. The Bertz CT molecular complexity index is 335. The molecule has 128 valence electrons. The highest BCUT2D eigenvalue weighted by atomic mass is 16.5. The number of carbonyl (C=O) groups excluding carboxylic acids is 1. The van der Waals surface area contributed by atoms with E-state index in [0.29, 0.717) is 5.91 Å². The molecule has 2 heterocycles. The van der Waals surface area contributed by atoms with E-state index in [4.69, 9.17) is 4.74 Å². The standard InChI is InChI=1S/C17H33N3O2/c1-15(19-12-10-18(2)11-13-19)17(21)20-8-6-16(7-9-20)5-4-14-22-3/h15-16H,4-14H2,1-3H3/t15-/m1/s1. The van der Waals surface area contributed by atoms with Crippen LogP contribution in [0.1, 0.15) is 32.6 Å². The smallest absolute Gasteiger partial charge is 0.239 e. The first-order valence-electron chi connectivity index (χ1n) is 8.82. The van der Waals surface area contributed by atoms with Gasteiger partial charge in [0.1, 0.15) is 0 Å². The van der Waals surface area contributed by atoms with Crippen molar-refractivity contribution in [2.45, 2.75) is 38.6 Å². The zero-order chi connectivity index (χ0) is 15.9. The van der Waals surface area contributed by atoms with E-state index in [1.807, 2.05) is 0 Å². The molecule has 0 spiro atoms. The number of nitrogens with zero attached hydrogens (tertiary/aromatic N) is 3. The van der Waals surface area contributed by atoms with Crippen LogP contribution in [-0.2, 0) is 9.53 Å². The Morgan fingerprint density at radius 2 is 1.77 bits per heavy atom. The maximum absolute atomic E-state index is 12.7. The van der Waals surface area contributed by atoms with Gasteiger partial charge in [-0.25, -0.2) is 0 Å². The van der Waals surface area contributed by atoms with E-state index >= 15 is 0 Å². The Kier molecular flexibility index (Phi) is 7.12. The van der Waals surface area contributed by atoms with Gasteiger partial charge in [-0.15, -0.1) is 0 Å². The van der Waals surface area contributed by atoms with Crippen LogP contribution in [0.5, 0.6) is 0 Å². The molecule has 0 N–H and O–H groups in total. The highest BCUT2D eigenvalue weighted by molar-refractivity contribution is 5.81. The van der Waals surface area contributed by atoms with Gasteiger partial charge in [-0.3, -0.25) is 9.69 Å². The number of rotatable bonds is 6. The maximum atomic E-state index is 12.7. The Morgan fingerprint density at radius 3 is 2.36 bits per heavy atom. The summed E-state index contributed by atoms with van der Waals surface area (Å²) in [4.78, 5) is 19.5. The lowest BCUT2D eigenvalue weighted by Gasteiger charge is -2.39. The zero-order valence-electron chi connectivity index (χ0n) is 14.6. The molecule has 0 aromatic heterocycles. The van der Waals surface area contributed by atoms with Gasteiger partial charge < -0.3 is 14.5 Å². The van der Waals surface area contributed by atoms with Gasteiger partial charge in [-0.05, 0) is 45.6 Å². The lowest BCUT2D eigenvalue weighted by Crippen LogP contribution is -2.54. The molecule has 1 atom stereocenters. The predicted octanol–water partition coefficient (Wildman–Crippen LogP) is 1.29. The first-order chi connectivity index (χ1) is 10.6. The number of piperazine rings is 1. The SMILES string of the molecule is COCCCC1CCN(C(=O)[C@@H](C)N2CCN(C)CC2)CC1. The van der Waals surface area contributed by atoms with Crippen molar-refractivity contribution in [2.75, 3.05) is 60.0 Å². The van der Waals surface area contributed by atoms with Crippen LogP contribution >= 0.6 is 0 Å². The minimum absolute atomic E-state index is 0.0405. The van der Waals surface area contributed by atoms with E-state index in [2.05, 4.69) is 28.7 Å². The Hall–Kier alpha value is -0.650. The van der Waals surface area contributed by atoms with Crippen LogP contribution in [0.4, 0.5) is 0 Å². The third-order valence-corrected chi connectivity index (χ3v) is 5.33. The second-order valence-corrected chi connectivity index (χ2v) is 6.92. The fourth-order valence-corrected chi connectivity index (χ4v) is 3.59. The second kappa shape index (κ2) is 8.85. The van der Waals surface area contributed by atoms with Gasteiger partial charge in [0, 0.05) is 53.0 Å². The van der Waals surface area contributed by atoms with Crippen molar-refractivity contribution in [1.82, 2.24) is 14.7 Å². The summed E-state index contributed by atoms with van der Waals surface area (Å²) in [5.74, 6) is 1.11. The van der Waals surface area contributed by atoms with Gasteiger partial charge in [0.2, 0.25) is 5.91 Å². The molecular formula is C17H33N3O2.